The van der Waals surface area contributed by atoms with Gasteiger partial charge in [0.05, 0.1) is 5.41 Å². The lowest BCUT2D eigenvalue weighted by atomic mass is 9.75. The van der Waals surface area contributed by atoms with E-state index in [4.69, 9.17) is 10.3 Å². The molecule has 1 unspecified atom stereocenters. The summed E-state index contributed by atoms with van der Waals surface area (Å²) in [7, 11) is 0. The molecular formula is C16H23N3O2. The second-order valence-corrected chi connectivity index (χ2v) is 5.20. The fourth-order valence-corrected chi connectivity index (χ4v) is 2.71. The standard InChI is InChI=1S/C16H23N3O2/c1-3-16(4-2,12-8-6-5-7-9-12)15-18-14(21-19-15)13(20)10-11-17/h5-9,13,20H,3-4,10-11,17H2,1-2H3. The Labute approximate surface area is 125 Å². The summed E-state index contributed by atoms with van der Waals surface area (Å²) in [5, 5.41) is 14.1. The van der Waals surface area contributed by atoms with Crippen molar-refractivity contribution in [2.24, 2.45) is 5.73 Å². The largest absolute Gasteiger partial charge is 0.383 e. The molecule has 0 radical (unpaired) electrons. The van der Waals surface area contributed by atoms with Crippen LogP contribution in [0.3, 0.4) is 0 Å². The third-order valence-electron chi connectivity index (χ3n) is 4.13. The van der Waals surface area contributed by atoms with Crippen molar-refractivity contribution in [2.45, 2.75) is 44.6 Å². The lowest BCUT2D eigenvalue weighted by molar-refractivity contribution is 0.127. The highest BCUT2D eigenvalue weighted by atomic mass is 16.5. The van der Waals surface area contributed by atoms with Crippen molar-refractivity contribution in [1.29, 1.82) is 0 Å². The molecule has 5 heteroatoms. The Morgan fingerprint density at radius 2 is 1.90 bits per heavy atom. The number of hydrogen-bond donors (Lipinski definition) is 2. The van der Waals surface area contributed by atoms with Gasteiger partial charge in [-0.05, 0) is 31.4 Å². The van der Waals surface area contributed by atoms with Gasteiger partial charge in [0.1, 0.15) is 6.10 Å². The van der Waals surface area contributed by atoms with E-state index in [1.54, 1.807) is 0 Å². The first kappa shape index (κ1) is 15.7. The Morgan fingerprint density at radius 3 is 2.48 bits per heavy atom. The Bertz CT molecular complexity index is 550. The van der Waals surface area contributed by atoms with Crippen LogP contribution in [0.25, 0.3) is 0 Å². The highest BCUT2D eigenvalue weighted by Gasteiger charge is 2.36. The first-order valence-corrected chi connectivity index (χ1v) is 7.45. The molecule has 0 aliphatic carbocycles. The summed E-state index contributed by atoms with van der Waals surface area (Å²) in [6, 6.07) is 10.2. The summed E-state index contributed by atoms with van der Waals surface area (Å²) in [5.41, 5.74) is 6.33. The molecule has 1 aromatic carbocycles. The number of aliphatic hydroxyl groups is 1. The summed E-state index contributed by atoms with van der Waals surface area (Å²) in [6.07, 6.45) is 1.34. The van der Waals surface area contributed by atoms with Crippen molar-refractivity contribution in [3.63, 3.8) is 0 Å². The molecule has 2 rings (SSSR count). The topological polar surface area (TPSA) is 85.2 Å². The Morgan fingerprint density at radius 1 is 1.24 bits per heavy atom. The highest BCUT2D eigenvalue weighted by molar-refractivity contribution is 5.32. The highest BCUT2D eigenvalue weighted by Crippen LogP contribution is 2.37. The lowest BCUT2D eigenvalue weighted by Gasteiger charge is -2.28. The average molecular weight is 289 g/mol. The van der Waals surface area contributed by atoms with Crippen LogP contribution in [0.5, 0.6) is 0 Å². The van der Waals surface area contributed by atoms with Crippen LogP contribution in [0.4, 0.5) is 0 Å². The van der Waals surface area contributed by atoms with Crippen LogP contribution in [0.2, 0.25) is 0 Å². The van der Waals surface area contributed by atoms with E-state index >= 15 is 0 Å². The van der Waals surface area contributed by atoms with Crippen molar-refractivity contribution in [3.05, 3.63) is 47.6 Å². The minimum absolute atomic E-state index is 0.248. The van der Waals surface area contributed by atoms with Crippen LogP contribution in [0.1, 0.15) is 56.5 Å². The normalized spacial score (nSPS) is 13.3. The number of aliphatic hydroxyl groups excluding tert-OH is 1. The summed E-state index contributed by atoms with van der Waals surface area (Å²) in [4.78, 5) is 4.44. The molecular weight excluding hydrogens is 266 g/mol. The molecule has 0 amide bonds. The van der Waals surface area contributed by atoms with E-state index in [1.165, 1.54) is 0 Å². The van der Waals surface area contributed by atoms with E-state index in [0.717, 1.165) is 18.4 Å². The van der Waals surface area contributed by atoms with Crippen molar-refractivity contribution < 1.29 is 9.63 Å². The Kier molecular flexibility index (Phi) is 5.09. The molecule has 3 N–H and O–H groups in total. The quantitative estimate of drug-likeness (QED) is 0.818. The molecule has 0 aliphatic heterocycles. The third-order valence-corrected chi connectivity index (χ3v) is 4.13. The lowest BCUT2D eigenvalue weighted by Crippen LogP contribution is -2.27. The number of aromatic nitrogens is 2. The van der Waals surface area contributed by atoms with Gasteiger partial charge in [-0.15, -0.1) is 0 Å². The maximum absolute atomic E-state index is 9.94. The van der Waals surface area contributed by atoms with E-state index in [2.05, 4.69) is 36.1 Å². The summed E-state index contributed by atoms with van der Waals surface area (Å²) in [5.74, 6) is 0.877. The number of benzene rings is 1. The van der Waals surface area contributed by atoms with Crippen molar-refractivity contribution >= 4 is 0 Å². The van der Waals surface area contributed by atoms with Gasteiger partial charge in [-0.3, -0.25) is 0 Å². The van der Waals surface area contributed by atoms with Gasteiger partial charge in [0.2, 0.25) is 0 Å². The predicted molar refractivity (Wildman–Crippen MR) is 80.7 cm³/mol. The van der Waals surface area contributed by atoms with E-state index in [9.17, 15) is 5.11 Å². The molecule has 0 saturated heterocycles. The number of nitrogens with two attached hydrogens (primary N) is 1. The fourth-order valence-electron chi connectivity index (χ4n) is 2.71. The van der Waals surface area contributed by atoms with Gasteiger partial charge in [0.25, 0.3) is 5.89 Å². The number of nitrogens with zero attached hydrogens (tertiary/aromatic N) is 2. The molecule has 0 spiro atoms. The number of hydrogen-bond acceptors (Lipinski definition) is 5. The van der Waals surface area contributed by atoms with Gasteiger partial charge in [-0.1, -0.05) is 49.3 Å². The smallest absolute Gasteiger partial charge is 0.255 e. The van der Waals surface area contributed by atoms with Crippen LogP contribution in [-0.2, 0) is 5.41 Å². The monoisotopic (exact) mass is 289 g/mol. The Balaban J connectivity index is 2.40. The SMILES string of the molecule is CCC(CC)(c1ccccc1)c1noc(C(O)CCN)n1. The van der Waals surface area contributed by atoms with E-state index in [0.29, 0.717) is 18.8 Å². The minimum atomic E-state index is -0.793. The van der Waals surface area contributed by atoms with Crippen LogP contribution in [-0.4, -0.2) is 21.8 Å². The van der Waals surface area contributed by atoms with Crippen molar-refractivity contribution in [2.75, 3.05) is 6.54 Å². The maximum atomic E-state index is 9.94. The zero-order valence-corrected chi connectivity index (χ0v) is 12.6. The molecule has 114 valence electrons. The summed E-state index contributed by atoms with van der Waals surface area (Å²) < 4.78 is 5.24. The summed E-state index contributed by atoms with van der Waals surface area (Å²) >= 11 is 0. The molecule has 5 nitrogen and oxygen atoms in total. The third kappa shape index (κ3) is 2.99. The predicted octanol–water partition coefficient (Wildman–Crippen LogP) is 2.56. The van der Waals surface area contributed by atoms with E-state index in [-0.39, 0.29) is 11.3 Å². The molecule has 0 fully saturated rings. The minimum Gasteiger partial charge on any atom is -0.383 e. The van der Waals surface area contributed by atoms with E-state index in [1.807, 2.05) is 18.2 Å². The summed E-state index contributed by atoms with van der Waals surface area (Å²) in [6.45, 7) is 4.61. The molecule has 21 heavy (non-hydrogen) atoms. The maximum Gasteiger partial charge on any atom is 0.255 e. The first-order chi connectivity index (χ1) is 10.2. The van der Waals surface area contributed by atoms with Crippen LogP contribution in [0.15, 0.2) is 34.9 Å². The van der Waals surface area contributed by atoms with Gasteiger partial charge >= 0.3 is 0 Å². The van der Waals surface area contributed by atoms with E-state index < -0.39 is 6.10 Å². The molecule has 2 aromatic rings. The molecule has 1 atom stereocenters. The molecule has 0 saturated carbocycles. The molecule has 0 aliphatic rings. The van der Waals surface area contributed by atoms with Crippen LogP contribution < -0.4 is 5.73 Å². The van der Waals surface area contributed by atoms with Gasteiger partial charge in [-0.25, -0.2) is 0 Å². The van der Waals surface area contributed by atoms with Crippen LogP contribution in [0, 0.1) is 0 Å². The van der Waals surface area contributed by atoms with Gasteiger partial charge in [-0.2, -0.15) is 4.98 Å². The van der Waals surface area contributed by atoms with Crippen molar-refractivity contribution in [3.8, 4) is 0 Å². The second-order valence-electron chi connectivity index (χ2n) is 5.20. The first-order valence-electron chi connectivity index (χ1n) is 7.45. The van der Waals surface area contributed by atoms with Crippen LogP contribution >= 0.6 is 0 Å². The second kappa shape index (κ2) is 6.83. The molecule has 0 bridgehead atoms. The number of rotatable bonds is 7. The van der Waals surface area contributed by atoms with Crippen molar-refractivity contribution in [1.82, 2.24) is 10.1 Å². The fraction of sp³-hybridized carbons (Fsp3) is 0.500. The average Bonchev–Trinajstić information content (AvgIpc) is 3.01. The Hall–Kier alpha value is -1.72. The zero-order chi connectivity index (χ0) is 15.3. The van der Waals surface area contributed by atoms with Gasteiger partial charge in [0, 0.05) is 0 Å². The molecule has 1 heterocycles. The van der Waals surface area contributed by atoms with Gasteiger partial charge in [0.15, 0.2) is 5.82 Å². The molecule has 1 aromatic heterocycles. The van der Waals surface area contributed by atoms with Gasteiger partial charge < -0.3 is 15.4 Å². The zero-order valence-electron chi connectivity index (χ0n) is 12.6.